The third kappa shape index (κ3) is 3.43. The van der Waals surface area contributed by atoms with Crippen molar-refractivity contribution in [2.45, 2.75) is 0 Å². The topological polar surface area (TPSA) is 0 Å². The SMILES string of the molecule is C(#Cc1cccc(-c2ccccc2)c1-c1ccccc1)c1ccccc1. The molecule has 0 heteroatoms. The first kappa shape index (κ1) is 15.9. The molecular formula is C26H18. The lowest BCUT2D eigenvalue weighted by molar-refractivity contribution is 1.55. The van der Waals surface area contributed by atoms with E-state index >= 15 is 0 Å². The molecule has 0 N–H and O–H groups in total. The predicted octanol–water partition coefficient (Wildman–Crippen LogP) is 6.42. The maximum Gasteiger partial charge on any atom is 0.0333 e. The van der Waals surface area contributed by atoms with Crippen LogP contribution in [-0.4, -0.2) is 0 Å². The van der Waals surface area contributed by atoms with Crippen molar-refractivity contribution >= 4 is 0 Å². The van der Waals surface area contributed by atoms with Crippen molar-refractivity contribution in [1.29, 1.82) is 0 Å². The Morgan fingerprint density at radius 3 is 1.65 bits per heavy atom. The Morgan fingerprint density at radius 2 is 1.00 bits per heavy atom. The molecule has 26 heavy (non-hydrogen) atoms. The third-order valence-corrected chi connectivity index (χ3v) is 4.33. The molecule has 4 aromatic carbocycles. The van der Waals surface area contributed by atoms with Crippen molar-refractivity contribution in [3.8, 4) is 34.1 Å². The van der Waals surface area contributed by atoms with Crippen molar-refractivity contribution in [2.75, 3.05) is 0 Å². The van der Waals surface area contributed by atoms with E-state index in [0.29, 0.717) is 0 Å². The standard InChI is InChI=1S/C26H18/c1-4-11-21(12-5-1)19-20-24-17-10-18-25(22-13-6-2-7-14-22)26(24)23-15-8-3-9-16-23/h1-18H. The van der Waals surface area contributed by atoms with E-state index in [1.54, 1.807) is 0 Å². The quantitative estimate of drug-likeness (QED) is 0.372. The summed E-state index contributed by atoms with van der Waals surface area (Å²) in [5.41, 5.74) is 6.84. The fraction of sp³-hybridized carbons (Fsp3) is 0. The van der Waals surface area contributed by atoms with Gasteiger partial charge in [-0.1, -0.05) is 103 Å². The zero-order valence-electron chi connectivity index (χ0n) is 14.4. The van der Waals surface area contributed by atoms with E-state index in [1.165, 1.54) is 22.3 Å². The first-order chi connectivity index (χ1) is 12.9. The maximum atomic E-state index is 3.39. The van der Waals surface area contributed by atoms with E-state index in [-0.39, 0.29) is 0 Å². The number of rotatable bonds is 2. The molecule has 0 atom stereocenters. The minimum Gasteiger partial charge on any atom is -0.0622 e. The van der Waals surface area contributed by atoms with Gasteiger partial charge >= 0.3 is 0 Å². The average molecular weight is 330 g/mol. The summed E-state index contributed by atoms with van der Waals surface area (Å²) in [7, 11) is 0. The van der Waals surface area contributed by atoms with Crippen LogP contribution in [0.2, 0.25) is 0 Å². The minimum absolute atomic E-state index is 1.02. The van der Waals surface area contributed by atoms with Gasteiger partial charge in [0.25, 0.3) is 0 Å². The van der Waals surface area contributed by atoms with Gasteiger partial charge in [-0.25, -0.2) is 0 Å². The summed E-state index contributed by atoms with van der Waals surface area (Å²) in [4.78, 5) is 0. The fourth-order valence-electron chi connectivity index (χ4n) is 3.09. The van der Waals surface area contributed by atoms with Crippen molar-refractivity contribution in [3.05, 3.63) is 120 Å². The van der Waals surface area contributed by atoms with Gasteiger partial charge in [-0.15, -0.1) is 0 Å². The normalized spacial score (nSPS) is 10.0. The van der Waals surface area contributed by atoms with Gasteiger partial charge in [0, 0.05) is 16.7 Å². The Bertz CT molecular complexity index is 1050. The van der Waals surface area contributed by atoms with Gasteiger partial charge < -0.3 is 0 Å². The monoisotopic (exact) mass is 330 g/mol. The van der Waals surface area contributed by atoms with Gasteiger partial charge in [-0.3, -0.25) is 0 Å². The van der Waals surface area contributed by atoms with E-state index in [4.69, 9.17) is 0 Å². The average Bonchev–Trinajstić information content (AvgIpc) is 2.74. The van der Waals surface area contributed by atoms with Gasteiger partial charge in [-0.2, -0.15) is 0 Å². The van der Waals surface area contributed by atoms with Gasteiger partial charge in [0.2, 0.25) is 0 Å². The van der Waals surface area contributed by atoms with Crippen LogP contribution >= 0.6 is 0 Å². The molecule has 0 heterocycles. The molecule has 0 nitrogen and oxygen atoms in total. The van der Waals surface area contributed by atoms with Crippen LogP contribution in [-0.2, 0) is 0 Å². The highest BCUT2D eigenvalue weighted by atomic mass is 14.1. The number of hydrogen-bond acceptors (Lipinski definition) is 0. The molecule has 0 saturated carbocycles. The van der Waals surface area contributed by atoms with Crippen molar-refractivity contribution < 1.29 is 0 Å². The molecule has 0 bridgehead atoms. The van der Waals surface area contributed by atoms with Crippen molar-refractivity contribution in [2.24, 2.45) is 0 Å². The van der Waals surface area contributed by atoms with E-state index in [2.05, 4.69) is 78.6 Å². The Hall–Kier alpha value is -3.56. The summed E-state index contributed by atoms with van der Waals surface area (Å²) in [6.07, 6.45) is 0. The molecule has 0 fully saturated rings. The van der Waals surface area contributed by atoms with Crippen LogP contribution in [0, 0.1) is 11.8 Å². The van der Waals surface area contributed by atoms with Crippen molar-refractivity contribution in [1.82, 2.24) is 0 Å². The molecule has 4 rings (SSSR count). The van der Waals surface area contributed by atoms with E-state index in [9.17, 15) is 0 Å². The van der Waals surface area contributed by atoms with Crippen LogP contribution in [0.15, 0.2) is 109 Å². The van der Waals surface area contributed by atoms with Crippen LogP contribution in [0.1, 0.15) is 11.1 Å². The highest BCUT2D eigenvalue weighted by Gasteiger charge is 2.10. The molecule has 0 amide bonds. The lowest BCUT2D eigenvalue weighted by Crippen LogP contribution is -1.90. The second-order valence-corrected chi connectivity index (χ2v) is 6.08. The zero-order chi connectivity index (χ0) is 17.6. The van der Waals surface area contributed by atoms with Gasteiger partial charge in [0.05, 0.1) is 0 Å². The minimum atomic E-state index is 1.02. The summed E-state index contributed by atoms with van der Waals surface area (Å²) in [6, 6.07) is 37.5. The first-order valence-electron chi connectivity index (χ1n) is 8.73. The molecule has 0 aliphatic rings. The highest BCUT2D eigenvalue weighted by molar-refractivity contribution is 5.87. The number of hydrogen-bond donors (Lipinski definition) is 0. The first-order valence-corrected chi connectivity index (χ1v) is 8.73. The summed E-state index contributed by atoms with van der Waals surface area (Å²) < 4.78 is 0. The second kappa shape index (κ2) is 7.55. The second-order valence-electron chi connectivity index (χ2n) is 6.08. The highest BCUT2D eigenvalue weighted by Crippen LogP contribution is 2.34. The molecule has 0 radical (unpaired) electrons. The van der Waals surface area contributed by atoms with Crippen LogP contribution in [0.25, 0.3) is 22.3 Å². The van der Waals surface area contributed by atoms with E-state index in [0.717, 1.165) is 11.1 Å². The third-order valence-electron chi connectivity index (χ3n) is 4.33. The maximum absolute atomic E-state index is 3.39. The Kier molecular flexibility index (Phi) is 4.63. The smallest absolute Gasteiger partial charge is 0.0333 e. The Morgan fingerprint density at radius 1 is 0.423 bits per heavy atom. The molecule has 0 spiro atoms. The summed E-state index contributed by atoms with van der Waals surface area (Å²) >= 11 is 0. The molecule has 0 unspecified atom stereocenters. The Labute approximate surface area is 154 Å². The fourth-order valence-corrected chi connectivity index (χ4v) is 3.09. The van der Waals surface area contributed by atoms with Gasteiger partial charge in [0.1, 0.15) is 0 Å². The summed E-state index contributed by atoms with van der Waals surface area (Å²) in [6.45, 7) is 0. The zero-order valence-corrected chi connectivity index (χ0v) is 14.4. The molecular weight excluding hydrogens is 312 g/mol. The van der Waals surface area contributed by atoms with Gasteiger partial charge in [0.15, 0.2) is 0 Å². The van der Waals surface area contributed by atoms with Crippen LogP contribution in [0.3, 0.4) is 0 Å². The van der Waals surface area contributed by atoms with E-state index in [1.807, 2.05) is 42.5 Å². The van der Waals surface area contributed by atoms with Crippen LogP contribution in [0.5, 0.6) is 0 Å². The molecule has 0 aliphatic heterocycles. The van der Waals surface area contributed by atoms with Crippen LogP contribution in [0.4, 0.5) is 0 Å². The molecule has 4 aromatic rings. The Balaban J connectivity index is 1.91. The van der Waals surface area contributed by atoms with Crippen molar-refractivity contribution in [3.63, 3.8) is 0 Å². The lowest BCUT2D eigenvalue weighted by atomic mass is 9.90. The summed E-state index contributed by atoms with van der Waals surface area (Å²) in [5.74, 6) is 6.69. The molecule has 122 valence electrons. The molecule has 0 saturated heterocycles. The van der Waals surface area contributed by atoms with Gasteiger partial charge in [-0.05, 0) is 34.9 Å². The lowest BCUT2D eigenvalue weighted by Gasteiger charge is -2.13. The summed E-state index contributed by atoms with van der Waals surface area (Å²) in [5, 5.41) is 0. The largest absolute Gasteiger partial charge is 0.0622 e. The van der Waals surface area contributed by atoms with Crippen LogP contribution < -0.4 is 0 Å². The predicted molar refractivity (Wildman–Crippen MR) is 110 cm³/mol. The molecule has 0 aliphatic carbocycles. The van der Waals surface area contributed by atoms with E-state index < -0.39 is 0 Å². The molecule has 0 aromatic heterocycles. The number of benzene rings is 4.